The van der Waals surface area contributed by atoms with E-state index in [0.29, 0.717) is 5.57 Å². The van der Waals surface area contributed by atoms with Crippen molar-refractivity contribution in [3.05, 3.63) is 11.1 Å². The molecule has 0 saturated heterocycles. The molecule has 0 aliphatic carbocycles. The Kier molecular flexibility index (Phi) is 6.75. The van der Waals surface area contributed by atoms with Crippen LogP contribution in [0.2, 0.25) is 0 Å². The molecule has 3 N–H and O–H groups in total. The van der Waals surface area contributed by atoms with Gasteiger partial charge in [-0.15, -0.1) is 0 Å². The zero-order valence-corrected chi connectivity index (χ0v) is 10.9. The number of ether oxygens (including phenoxy) is 1. The zero-order chi connectivity index (χ0) is 14.3. The van der Waals surface area contributed by atoms with Gasteiger partial charge in [0.25, 0.3) is 0 Å². The number of Topliss-reactive ketones (excluding diaryl/α,β-unsaturated/α-hetero) is 1. The van der Waals surface area contributed by atoms with Crippen molar-refractivity contribution in [1.82, 2.24) is 0 Å². The molecule has 0 unspecified atom stereocenters. The lowest BCUT2D eigenvalue weighted by Gasteiger charge is -2.25. The van der Waals surface area contributed by atoms with Crippen molar-refractivity contribution < 1.29 is 29.6 Å². The minimum absolute atomic E-state index is 0.394. The van der Waals surface area contributed by atoms with Crippen LogP contribution in [-0.4, -0.2) is 53.5 Å². The molecular formula is C12H20O6. The molecule has 6 heteroatoms. The van der Waals surface area contributed by atoms with Gasteiger partial charge in [0.05, 0.1) is 19.8 Å². The van der Waals surface area contributed by atoms with Crippen molar-refractivity contribution in [2.75, 3.05) is 26.4 Å². The van der Waals surface area contributed by atoms with E-state index in [0.717, 1.165) is 5.57 Å². The molecule has 0 saturated carbocycles. The Hall–Kier alpha value is -1.24. The number of carbonyl (C=O) groups is 2. The molecule has 0 amide bonds. The van der Waals surface area contributed by atoms with E-state index in [1.54, 1.807) is 20.8 Å². The maximum absolute atomic E-state index is 11.7. The molecule has 0 aliphatic heterocycles. The Morgan fingerprint density at radius 1 is 1.00 bits per heavy atom. The standard InChI is InChI=1S/C12H20O6/c1-8(2)9(3)11(17)18-4-10(16)12(5-13,6-14)7-15/h13-15H,4-7H2,1-3H3. The third-order valence-electron chi connectivity index (χ3n) is 2.89. The molecule has 0 bridgehead atoms. The first kappa shape index (κ1) is 16.8. The van der Waals surface area contributed by atoms with Crippen molar-refractivity contribution in [2.24, 2.45) is 5.41 Å². The van der Waals surface area contributed by atoms with Gasteiger partial charge in [-0.05, 0) is 20.8 Å². The van der Waals surface area contributed by atoms with E-state index in [2.05, 4.69) is 0 Å². The van der Waals surface area contributed by atoms with Crippen LogP contribution in [0.1, 0.15) is 20.8 Å². The number of aliphatic hydroxyl groups is 3. The molecule has 0 aromatic heterocycles. The first-order chi connectivity index (χ1) is 8.34. The van der Waals surface area contributed by atoms with Crippen LogP contribution >= 0.6 is 0 Å². The van der Waals surface area contributed by atoms with Gasteiger partial charge in [-0.1, -0.05) is 5.57 Å². The minimum atomic E-state index is -1.67. The minimum Gasteiger partial charge on any atom is -0.454 e. The fourth-order valence-electron chi connectivity index (χ4n) is 1.01. The second-order valence-corrected chi connectivity index (χ2v) is 4.38. The molecule has 6 nitrogen and oxygen atoms in total. The van der Waals surface area contributed by atoms with E-state index in [1.165, 1.54) is 0 Å². The fourth-order valence-corrected chi connectivity index (χ4v) is 1.01. The van der Waals surface area contributed by atoms with Crippen LogP contribution in [-0.2, 0) is 14.3 Å². The second kappa shape index (κ2) is 7.25. The summed E-state index contributed by atoms with van der Waals surface area (Å²) in [6.07, 6.45) is 0. The molecule has 0 spiro atoms. The summed E-state index contributed by atoms with van der Waals surface area (Å²) in [5.41, 5.74) is -0.505. The van der Waals surface area contributed by atoms with Gasteiger partial charge in [-0.2, -0.15) is 0 Å². The number of rotatable bonds is 7. The van der Waals surface area contributed by atoms with Crippen molar-refractivity contribution in [1.29, 1.82) is 0 Å². The third kappa shape index (κ3) is 3.90. The smallest absolute Gasteiger partial charge is 0.334 e. The molecule has 0 fully saturated rings. The lowest BCUT2D eigenvalue weighted by atomic mass is 9.86. The molecule has 0 rings (SSSR count). The molecule has 0 aromatic carbocycles. The van der Waals surface area contributed by atoms with Gasteiger partial charge in [0.1, 0.15) is 5.41 Å². The van der Waals surface area contributed by atoms with Gasteiger partial charge in [0, 0.05) is 5.57 Å². The summed E-state index contributed by atoms with van der Waals surface area (Å²) < 4.78 is 4.76. The highest BCUT2D eigenvalue weighted by atomic mass is 16.5. The highest BCUT2D eigenvalue weighted by Crippen LogP contribution is 2.17. The Bertz CT molecular complexity index is 328. The summed E-state index contributed by atoms with van der Waals surface area (Å²) >= 11 is 0. The molecule has 18 heavy (non-hydrogen) atoms. The average molecular weight is 260 g/mol. The van der Waals surface area contributed by atoms with Gasteiger partial charge in [0.15, 0.2) is 12.4 Å². The van der Waals surface area contributed by atoms with Gasteiger partial charge in [0.2, 0.25) is 0 Å². The molecule has 0 atom stereocenters. The quantitative estimate of drug-likeness (QED) is 0.418. The van der Waals surface area contributed by atoms with Crippen LogP contribution < -0.4 is 0 Å². The lowest BCUT2D eigenvalue weighted by Crippen LogP contribution is -2.44. The highest BCUT2D eigenvalue weighted by Gasteiger charge is 2.37. The highest BCUT2D eigenvalue weighted by molar-refractivity contribution is 5.92. The number of ketones is 1. The predicted octanol–water partition coefficient (Wildman–Crippen LogP) is -0.582. The number of hydrogen-bond donors (Lipinski definition) is 3. The molecule has 0 aromatic rings. The fraction of sp³-hybridized carbons (Fsp3) is 0.667. The molecular weight excluding hydrogens is 240 g/mol. The van der Waals surface area contributed by atoms with Gasteiger partial charge < -0.3 is 20.1 Å². The summed E-state index contributed by atoms with van der Waals surface area (Å²) in [5.74, 6) is -1.35. The number of esters is 1. The maximum Gasteiger partial charge on any atom is 0.334 e. The summed E-state index contributed by atoms with van der Waals surface area (Å²) in [7, 11) is 0. The Labute approximate surface area is 106 Å². The van der Waals surface area contributed by atoms with Crippen LogP contribution in [0.4, 0.5) is 0 Å². The van der Waals surface area contributed by atoms with E-state index in [-0.39, 0.29) is 0 Å². The van der Waals surface area contributed by atoms with Crippen LogP contribution in [0.25, 0.3) is 0 Å². The van der Waals surface area contributed by atoms with Crippen LogP contribution in [0, 0.1) is 5.41 Å². The average Bonchev–Trinajstić information content (AvgIpc) is 2.37. The molecule has 0 aliphatic rings. The monoisotopic (exact) mass is 260 g/mol. The summed E-state index contributed by atoms with van der Waals surface area (Å²) in [4.78, 5) is 23.1. The molecule has 104 valence electrons. The zero-order valence-electron chi connectivity index (χ0n) is 10.9. The second-order valence-electron chi connectivity index (χ2n) is 4.38. The normalized spacial score (nSPS) is 11.0. The number of aliphatic hydroxyl groups excluding tert-OH is 3. The number of hydrogen-bond acceptors (Lipinski definition) is 6. The summed E-state index contributed by atoms with van der Waals surface area (Å²) in [6, 6.07) is 0. The topological polar surface area (TPSA) is 104 Å². The van der Waals surface area contributed by atoms with E-state index in [9.17, 15) is 9.59 Å². The Morgan fingerprint density at radius 3 is 1.78 bits per heavy atom. The largest absolute Gasteiger partial charge is 0.454 e. The summed E-state index contributed by atoms with van der Waals surface area (Å²) in [6.45, 7) is 2.31. The predicted molar refractivity (Wildman–Crippen MR) is 63.7 cm³/mol. The van der Waals surface area contributed by atoms with Crippen LogP contribution in [0.15, 0.2) is 11.1 Å². The molecule has 0 radical (unpaired) electrons. The van der Waals surface area contributed by atoms with Crippen molar-refractivity contribution in [3.63, 3.8) is 0 Å². The van der Waals surface area contributed by atoms with E-state index in [1.807, 2.05) is 0 Å². The van der Waals surface area contributed by atoms with Gasteiger partial charge >= 0.3 is 5.97 Å². The van der Waals surface area contributed by atoms with E-state index >= 15 is 0 Å². The first-order valence-corrected chi connectivity index (χ1v) is 5.51. The number of allylic oxidation sites excluding steroid dienone is 1. The van der Waals surface area contributed by atoms with Gasteiger partial charge in [-0.3, -0.25) is 4.79 Å². The summed E-state index contributed by atoms with van der Waals surface area (Å²) in [5, 5.41) is 27.1. The Balaban J connectivity index is 4.61. The Morgan fingerprint density at radius 2 is 1.44 bits per heavy atom. The van der Waals surface area contributed by atoms with Crippen molar-refractivity contribution in [2.45, 2.75) is 20.8 Å². The SMILES string of the molecule is CC(C)=C(C)C(=O)OCC(=O)C(CO)(CO)CO. The van der Waals surface area contributed by atoms with Crippen molar-refractivity contribution >= 4 is 11.8 Å². The van der Waals surface area contributed by atoms with Gasteiger partial charge in [-0.25, -0.2) is 4.79 Å². The maximum atomic E-state index is 11.7. The third-order valence-corrected chi connectivity index (χ3v) is 2.89. The van der Waals surface area contributed by atoms with Crippen molar-refractivity contribution in [3.8, 4) is 0 Å². The lowest BCUT2D eigenvalue weighted by molar-refractivity contribution is -0.152. The van der Waals surface area contributed by atoms with E-state index in [4.69, 9.17) is 20.1 Å². The first-order valence-electron chi connectivity index (χ1n) is 5.51. The number of carbonyl (C=O) groups excluding carboxylic acids is 2. The van der Waals surface area contributed by atoms with E-state index < -0.39 is 43.6 Å². The van der Waals surface area contributed by atoms with Crippen LogP contribution in [0.5, 0.6) is 0 Å². The molecule has 0 heterocycles. The van der Waals surface area contributed by atoms with Crippen LogP contribution in [0.3, 0.4) is 0 Å².